The van der Waals surface area contributed by atoms with Gasteiger partial charge in [-0.25, -0.2) is 14.3 Å². The molecule has 0 aliphatic heterocycles. The Morgan fingerprint density at radius 1 is 1.35 bits per heavy atom. The predicted octanol–water partition coefficient (Wildman–Crippen LogP) is 1.68. The van der Waals surface area contributed by atoms with Crippen LogP contribution in [0, 0.1) is 0 Å². The van der Waals surface area contributed by atoms with Gasteiger partial charge in [0.1, 0.15) is 19.0 Å². The van der Waals surface area contributed by atoms with Crippen molar-refractivity contribution in [3.63, 3.8) is 0 Å². The molecule has 0 radical (unpaired) electrons. The molecule has 1 aromatic carbocycles. The first-order valence-electron chi connectivity index (χ1n) is 5.59. The summed E-state index contributed by atoms with van der Waals surface area (Å²) >= 11 is 0. The Hall–Kier alpha value is -2.10. The van der Waals surface area contributed by atoms with Gasteiger partial charge in [0.2, 0.25) is 0 Å². The Morgan fingerprint density at radius 3 is 2.82 bits per heavy atom. The summed E-state index contributed by atoms with van der Waals surface area (Å²) in [5.74, 6) is 0.143. The Bertz CT molecular complexity index is 491. The van der Waals surface area contributed by atoms with E-state index in [1.54, 1.807) is 6.20 Å². The Kier molecular flexibility index (Phi) is 3.55. The molecule has 0 amide bonds. The molecule has 0 fully saturated rings. The van der Waals surface area contributed by atoms with Crippen LogP contribution in [0.5, 0.6) is 0 Å². The van der Waals surface area contributed by atoms with Crippen molar-refractivity contribution in [3.05, 3.63) is 54.1 Å². The molecule has 0 spiro atoms. The van der Waals surface area contributed by atoms with E-state index in [4.69, 9.17) is 4.74 Å². The van der Waals surface area contributed by atoms with Crippen molar-refractivity contribution < 1.29 is 14.1 Å². The van der Waals surface area contributed by atoms with Crippen molar-refractivity contribution in [2.24, 2.45) is 0 Å². The van der Waals surface area contributed by atoms with Crippen molar-refractivity contribution in [1.82, 2.24) is 4.98 Å². The van der Waals surface area contributed by atoms with Crippen LogP contribution in [-0.2, 0) is 17.9 Å². The third-order valence-corrected chi connectivity index (χ3v) is 2.51. The second-order valence-electron chi connectivity index (χ2n) is 3.66. The number of carbonyl (C=O) groups excluding carboxylic acids is 1. The molecule has 0 unspecified atom stereocenters. The fourth-order valence-corrected chi connectivity index (χ4v) is 1.59. The zero-order chi connectivity index (χ0) is 12.1. The first kappa shape index (κ1) is 11.4. The molecule has 0 aliphatic carbocycles. The van der Waals surface area contributed by atoms with E-state index in [9.17, 15) is 4.79 Å². The maximum absolute atomic E-state index is 11.8. The Balaban J connectivity index is 1.98. The van der Waals surface area contributed by atoms with Crippen LogP contribution in [0.4, 0.5) is 0 Å². The second-order valence-corrected chi connectivity index (χ2v) is 3.66. The zero-order valence-electron chi connectivity index (χ0n) is 9.72. The van der Waals surface area contributed by atoms with E-state index < -0.39 is 0 Å². The van der Waals surface area contributed by atoms with Gasteiger partial charge >= 0.3 is 11.8 Å². The van der Waals surface area contributed by atoms with Crippen molar-refractivity contribution in [2.75, 3.05) is 0 Å². The average molecular weight is 231 g/mol. The molecule has 1 heterocycles. The van der Waals surface area contributed by atoms with Gasteiger partial charge in [-0.3, -0.25) is 0 Å². The topological polar surface area (TPSA) is 46.0 Å². The van der Waals surface area contributed by atoms with E-state index >= 15 is 0 Å². The van der Waals surface area contributed by atoms with Gasteiger partial charge in [0.05, 0.1) is 6.54 Å². The minimum absolute atomic E-state index is 0.294. The third kappa shape index (κ3) is 2.72. The lowest BCUT2D eigenvalue weighted by atomic mass is 10.2. The fraction of sp³-hybridized carbons (Fsp3) is 0.231. The van der Waals surface area contributed by atoms with Crippen molar-refractivity contribution in [3.8, 4) is 0 Å². The number of aromatic nitrogens is 2. The Labute approximate surface area is 99.9 Å². The summed E-state index contributed by atoms with van der Waals surface area (Å²) in [6.45, 7) is 3.00. The van der Waals surface area contributed by atoms with Crippen molar-refractivity contribution in [1.29, 1.82) is 0 Å². The normalized spacial score (nSPS) is 10.2. The van der Waals surface area contributed by atoms with Crippen LogP contribution in [0.25, 0.3) is 0 Å². The summed E-state index contributed by atoms with van der Waals surface area (Å²) in [6.07, 6.45) is 3.54. The number of H-pyrrole nitrogens is 1. The maximum atomic E-state index is 11.8. The maximum Gasteiger partial charge on any atom is 0.422 e. The molecule has 1 aromatic heterocycles. The number of hydrogen-bond acceptors (Lipinski definition) is 2. The lowest BCUT2D eigenvalue weighted by molar-refractivity contribution is -0.694. The minimum Gasteiger partial charge on any atom is -0.452 e. The SMILES string of the molecule is CC[n+]1cc[nH]c1C(=O)OCc1ccccc1. The number of hydrogen-bond donors (Lipinski definition) is 1. The van der Waals surface area contributed by atoms with Crippen LogP contribution in [0.2, 0.25) is 0 Å². The number of aryl methyl sites for hydroxylation is 1. The van der Waals surface area contributed by atoms with Gasteiger partial charge in [-0.2, -0.15) is 0 Å². The number of esters is 1. The van der Waals surface area contributed by atoms with Crippen LogP contribution in [0.15, 0.2) is 42.7 Å². The van der Waals surface area contributed by atoms with Crippen LogP contribution in [-0.4, -0.2) is 11.0 Å². The standard InChI is InChI=1S/C13H14N2O2/c1-2-15-9-8-14-12(15)13(16)17-10-11-6-4-3-5-7-11/h3-9H,2,10H2,1H3/p+1. The fourth-order valence-electron chi connectivity index (χ4n) is 1.59. The van der Waals surface area contributed by atoms with E-state index in [2.05, 4.69) is 4.98 Å². The van der Waals surface area contributed by atoms with E-state index in [1.165, 1.54) is 0 Å². The van der Waals surface area contributed by atoms with E-state index in [1.807, 2.05) is 48.0 Å². The number of rotatable bonds is 4. The quantitative estimate of drug-likeness (QED) is 0.642. The Morgan fingerprint density at radius 2 is 2.12 bits per heavy atom. The summed E-state index contributed by atoms with van der Waals surface area (Å²) < 4.78 is 7.04. The molecule has 4 nitrogen and oxygen atoms in total. The highest BCUT2D eigenvalue weighted by Gasteiger charge is 2.20. The third-order valence-electron chi connectivity index (χ3n) is 2.51. The summed E-state index contributed by atoms with van der Waals surface area (Å²) in [4.78, 5) is 14.7. The molecule has 0 atom stereocenters. The van der Waals surface area contributed by atoms with Crippen molar-refractivity contribution >= 4 is 5.97 Å². The van der Waals surface area contributed by atoms with Crippen LogP contribution in [0.3, 0.4) is 0 Å². The van der Waals surface area contributed by atoms with Gasteiger partial charge < -0.3 is 4.74 Å². The number of nitrogens with zero attached hydrogens (tertiary/aromatic N) is 1. The van der Waals surface area contributed by atoms with Crippen LogP contribution < -0.4 is 4.57 Å². The highest BCUT2D eigenvalue weighted by molar-refractivity contribution is 5.83. The molecule has 0 saturated carbocycles. The molecule has 88 valence electrons. The molecule has 2 aromatic rings. The zero-order valence-corrected chi connectivity index (χ0v) is 9.72. The summed E-state index contributed by atoms with van der Waals surface area (Å²) in [6, 6.07) is 9.63. The molecule has 0 saturated heterocycles. The predicted molar refractivity (Wildman–Crippen MR) is 62.2 cm³/mol. The van der Waals surface area contributed by atoms with Gasteiger partial charge in [0.25, 0.3) is 0 Å². The molecular formula is C13H15N2O2+. The summed E-state index contributed by atoms with van der Waals surface area (Å²) in [5, 5.41) is 0. The van der Waals surface area contributed by atoms with E-state index in [-0.39, 0.29) is 5.97 Å². The molecule has 2 rings (SSSR count). The van der Waals surface area contributed by atoms with Gasteiger partial charge in [-0.05, 0) is 12.5 Å². The summed E-state index contributed by atoms with van der Waals surface area (Å²) in [7, 11) is 0. The molecule has 0 aliphatic rings. The number of nitrogens with one attached hydrogen (secondary N) is 1. The van der Waals surface area contributed by atoms with Gasteiger partial charge in [0, 0.05) is 0 Å². The molecule has 4 heteroatoms. The molecule has 0 bridgehead atoms. The van der Waals surface area contributed by atoms with Crippen molar-refractivity contribution in [2.45, 2.75) is 20.1 Å². The number of benzene rings is 1. The molecule has 17 heavy (non-hydrogen) atoms. The number of ether oxygens (including phenoxy) is 1. The summed E-state index contributed by atoms with van der Waals surface area (Å²) in [5.41, 5.74) is 0.982. The highest BCUT2D eigenvalue weighted by Crippen LogP contribution is 2.02. The first-order chi connectivity index (χ1) is 8.31. The first-order valence-corrected chi connectivity index (χ1v) is 5.59. The highest BCUT2D eigenvalue weighted by atomic mass is 16.5. The average Bonchev–Trinajstić information content (AvgIpc) is 2.85. The minimum atomic E-state index is -0.333. The van der Waals surface area contributed by atoms with Gasteiger partial charge in [-0.15, -0.1) is 0 Å². The number of aromatic amines is 1. The molecular weight excluding hydrogens is 216 g/mol. The lowest BCUT2D eigenvalue weighted by Gasteiger charge is -2.02. The molecule has 1 N–H and O–H groups in total. The smallest absolute Gasteiger partial charge is 0.422 e. The lowest BCUT2D eigenvalue weighted by Crippen LogP contribution is -2.37. The number of imidazole rings is 1. The second kappa shape index (κ2) is 5.30. The van der Waals surface area contributed by atoms with E-state index in [0.717, 1.165) is 12.1 Å². The largest absolute Gasteiger partial charge is 0.452 e. The number of carbonyl (C=O) groups is 1. The van der Waals surface area contributed by atoms with Gasteiger partial charge in [-0.1, -0.05) is 30.3 Å². The van der Waals surface area contributed by atoms with Gasteiger partial charge in [0.15, 0.2) is 0 Å². The monoisotopic (exact) mass is 231 g/mol. The van der Waals surface area contributed by atoms with Crippen LogP contribution in [0.1, 0.15) is 23.1 Å². The van der Waals surface area contributed by atoms with E-state index in [0.29, 0.717) is 12.4 Å². The van der Waals surface area contributed by atoms with Crippen LogP contribution >= 0.6 is 0 Å².